The fourth-order valence-electron chi connectivity index (χ4n) is 1.78. The van der Waals surface area contributed by atoms with Crippen molar-refractivity contribution in [2.24, 2.45) is 0 Å². The highest BCUT2D eigenvalue weighted by molar-refractivity contribution is 5.68. The Labute approximate surface area is 103 Å². The number of rotatable bonds is 4. The Hall–Kier alpha value is -0.810. The molecule has 1 saturated heterocycles. The molecular formula is C12H24N2O3. The first-order valence-corrected chi connectivity index (χ1v) is 6.12. The van der Waals surface area contributed by atoms with E-state index in [1.54, 1.807) is 12.0 Å². The number of nitrogens with zero attached hydrogens (tertiary/aromatic N) is 1. The third-order valence-electron chi connectivity index (χ3n) is 2.58. The van der Waals surface area contributed by atoms with Gasteiger partial charge in [-0.25, -0.2) is 4.79 Å². The van der Waals surface area contributed by atoms with E-state index >= 15 is 0 Å². The highest BCUT2D eigenvalue weighted by Gasteiger charge is 2.29. The lowest BCUT2D eigenvalue weighted by Crippen LogP contribution is -2.39. The predicted molar refractivity (Wildman–Crippen MR) is 66.1 cm³/mol. The van der Waals surface area contributed by atoms with Crippen LogP contribution in [0.3, 0.4) is 0 Å². The maximum absolute atomic E-state index is 11.8. The van der Waals surface area contributed by atoms with Gasteiger partial charge in [-0.05, 0) is 27.2 Å². The van der Waals surface area contributed by atoms with E-state index in [-0.39, 0.29) is 6.09 Å². The van der Waals surface area contributed by atoms with Crippen molar-refractivity contribution in [1.29, 1.82) is 0 Å². The summed E-state index contributed by atoms with van der Waals surface area (Å²) in [6, 6.07) is 0.359. The summed E-state index contributed by atoms with van der Waals surface area (Å²) >= 11 is 0. The maximum Gasteiger partial charge on any atom is 0.410 e. The molecule has 1 atom stereocenters. The number of ether oxygens (including phenoxy) is 2. The molecule has 0 aromatic carbocycles. The van der Waals surface area contributed by atoms with Gasteiger partial charge in [-0.3, -0.25) is 0 Å². The van der Waals surface area contributed by atoms with E-state index in [9.17, 15) is 4.79 Å². The summed E-state index contributed by atoms with van der Waals surface area (Å²) < 4.78 is 10.3. The highest BCUT2D eigenvalue weighted by Crippen LogP contribution is 2.15. The summed E-state index contributed by atoms with van der Waals surface area (Å²) in [5.41, 5.74) is -0.418. The van der Waals surface area contributed by atoms with Gasteiger partial charge in [0.15, 0.2) is 0 Å². The van der Waals surface area contributed by atoms with E-state index < -0.39 is 5.60 Å². The summed E-state index contributed by atoms with van der Waals surface area (Å²) in [4.78, 5) is 13.5. The lowest BCUT2D eigenvalue weighted by molar-refractivity contribution is 0.0291. The second-order valence-electron chi connectivity index (χ2n) is 5.36. The minimum atomic E-state index is -0.418. The predicted octanol–water partition coefficient (Wildman–Crippen LogP) is 1.23. The van der Waals surface area contributed by atoms with E-state index in [0.717, 1.165) is 26.1 Å². The van der Waals surface area contributed by atoms with Gasteiger partial charge in [0, 0.05) is 32.8 Å². The summed E-state index contributed by atoms with van der Waals surface area (Å²) in [5, 5.41) is 3.36. The van der Waals surface area contributed by atoms with Gasteiger partial charge >= 0.3 is 6.09 Å². The van der Waals surface area contributed by atoms with Gasteiger partial charge in [0.25, 0.3) is 0 Å². The van der Waals surface area contributed by atoms with Gasteiger partial charge in [0.05, 0.1) is 6.61 Å². The normalized spacial score (nSPS) is 20.7. The van der Waals surface area contributed by atoms with Gasteiger partial charge in [0.1, 0.15) is 5.60 Å². The van der Waals surface area contributed by atoms with Crippen LogP contribution in [0.25, 0.3) is 0 Å². The average molecular weight is 244 g/mol. The monoisotopic (exact) mass is 244 g/mol. The molecule has 0 bridgehead atoms. The van der Waals surface area contributed by atoms with E-state index in [1.807, 2.05) is 20.8 Å². The Morgan fingerprint density at radius 3 is 2.76 bits per heavy atom. The smallest absolute Gasteiger partial charge is 0.410 e. The quantitative estimate of drug-likeness (QED) is 0.756. The average Bonchev–Trinajstić information content (AvgIpc) is 2.64. The van der Waals surface area contributed by atoms with Crippen molar-refractivity contribution in [2.45, 2.75) is 38.8 Å². The first kappa shape index (κ1) is 14.3. The van der Waals surface area contributed by atoms with Crippen LogP contribution in [0.15, 0.2) is 0 Å². The van der Waals surface area contributed by atoms with Crippen molar-refractivity contribution in [3.05, 3.63) is 0 Å². The molecule has 1 amide bonds. The first-order chi connectivity index (χ1) is 7.92. The highest BCUT2D eigenvalue weighted by atomic mass is 16.6. The molecule has 1 heterocycles. The molecule has 17 heavy (non-hydrogen) atoms. The molecule has 5 heteroatoms. The molecule has 1 aliphatic heterocycles. The third kappa shape index (κ3) is 5.37. The minimum absolute atomic E-state index is 0.214. The standard InChI is InChI=1S/C12H24N2O3/c1-12(2,3)17-11(15)14-7-5-10(9-14)13-6-8-16-4/h10,13H,5-9H2,1-4H3/t10-/m0/s1. The summed E-state index contributed by atoms with van der Waals surface area (Å²) in [5.74, 6) is 0. The van der Waals surface area contributed by atoms with Crippen molar-refractivity contribution in [1.82, 2.24) is 10.2 Å². The molecule has 0 aromatic heterocycles. The lowest BCUT2D eigenvalue weighted by Gasteiger charge is -2.24. The zero-order valence-electron chi connectivity index (χ0n) is 11.3. The summed E-state index contributed by atoms with van der Waals surface area (Å²) in [7, 11) is 1.68. The van der Waals surface area contributed by atoms with Crippen molar-refractivity contribution in [2.75, 3.05) is 33.4 Å². The van der Waals surface area contributed by atoms with Crippen molar-refractivity contribution in [3.8, 4) is 0 Å². The van der Waals surface area contributed by atoms with Crippen LogP contribution in [0.2, 0.25) is 0 Å². The van der Waals surface area contributed by atoms with Crippen LogP contribution in [-0.2, 0) is 9.47 Å². The molecule has 0 aliphatic carbocycles. The van der Waals surface area contributed by atoms with Crippen molar-refractivity contribution < 1.29 is 14.3 Å². The lowest BCUT2D eigenvalue weighted by atomic mass is 10.2. The summed E-state index contributed by atoms with van der Waals surface area (Å²) in [6.07, 6.45) is 0.761. The van der Waals surface area contributed by atoms with Crippen LogP contribution in [0.4, 0.5) is 4.79 Å². The molecule has 1 aliphatic rings. The molecule has 100 valence electrons. The summed E-state index contributed by atoms with van der Waals surface area (Å²) in [6.45, 7) is 8.66. The molecule has 1 fully saturated rings. The SMILES string of the molecule is COCCN[C@H]1CCN(C(=O)OC(C)(C)C)C1. The van der Waals surface area contributed by atoms with Crippen LogP contribution in [-0.4, -0.2) is 56.0 Å². The molecule has 0 aromatic rings. The number of carbonyl (C=O) groups is 1. The number of hydrogen-bond donors (Lipinski definition) is 1. The fraction of sp³-hybridized carbons (Fsp3) is 0.917. The molecule has 0 spiro atoms. The second kappa shape index (κ2) is 6.21. The van der Waals surface area contributed by atoms with Crippen LogP contribution in [0, 0.1) is 0 Å². The topological polar surface area (TPSA) is 50.8 Å². The third-order valence-corrected chi connectivity index (χ3v) is 2.58. The maximum atomic E-state index is 11.8. The number of hydrogen-bond acceptors (Lipinski definition) is 4. The van der Waals surface area contributed by atoms with Gasteiger partial charge < -0.3 is 19.7 Å². The van der Waals surface area contributed by atoms with Crippen LogP contribution < -0.4 is 5.32 Å². The Morgan fingerprint density at radius 1 is 1.47 bits per heavy atom. The van der Waals surface area contributed by atoms with Crippen LogP contribution in [0.1, 0.15) is 27.2 Å². The van der Waals surface area contributed by atoms with E-state index in [2.05, 4.69) is 5.32 Å². The van der Waals surface area contributed by atoms with E-state index in [4.69, 9.17) is 9.47 Å². The minimum Gasteiger partial charge on any atom is -0.444 e. The van der Waals surface area contributed by atoms with Gasteiger partial charge in [-0.2, -0.15) is 0 Å². The molecule has 0 unspecified atom stereocenters. The molecule has 1 N–H and O–H groups in total. The fourth-order valence-corrected chi connectivity index (χ4v) is 1.78. The Balaban J connectivity index is 2.27. The van der Waals surface area contributed by atoms with E-state index in [0.29, 0.717) is 12.6 Å². The van der Waals surface area contributed by atoms with Crippen molar-refractivity contribution >= 4 is 6.09 Å². The molecule has 0 radical (unpaired) electrons. The second-order valence-corrected chi connectivity index (χ2v) is 5.36. The zero-order chi connectivity index (χ0) is 12.9. The first-order valence-electron chi connectivity index (χ1n) is 6.12. The van der Waals surface area contributed by atoms with E-state index in [1.165, 1.54) is 0 Å². The van der Waals surface area contributed by atoms with Gasteiger partial charge in [-0.1, -0.05) is 0 Å². The van der Waals surface area contributed by atoms with Gasteiger partial charge in [-0.15, -0.1) is 0 Å². The number of likely N-dealkylation sites (tertiary alicyclic amines) is 1. The van der Waals surface area contributed by atoms with Crippen molar-refractivity contribution in [3.63, 3.8) is 0 Å². The molecule has 5 nitrogen and oxygen atoms in total. The number of carbonyl (C=O) groups excluding carboxylic acids is 1. The van der Waals surface area contributed by atoms with Gasteiger partial charge in [0.2, 0.25) is 0 Å². The number of nitrogens with one attached hydrogen (secondary N) is 1. The molecular weight excluding hydrogens is 220 g/mol. The van der Waals surface area contributed by atoms with Crippen LogP contribution in [0.5, 0.6) is 0 Å². The molecule has 0 saturated carbocycles. The zero-order valence-corrected chi connectivity index (χ0v) is 11.3. The Kier molecular flexibility index (Phi) is 5.21. The number of methoxy groups -OCH3 is 1. The Bertz CT molecular complexity index is 251. The Morgan fingerprint density at radius 2 is 2.18 bits per heavy atom. The largest absolute Gasteiger partial charge is 0.444 e. The van der Waals surface area contributed by atoms with Crippen LogP contribution >= 0.6 is 0 Å². The number of amides is 1. The molecule has 1 rings (SSSR count).